The molecular formula is C9H13BrN4. The molecule has 14 heavy (non-hydrogen) atoms. The minimum Gasteiger partial charge on any atom is -0.336 e. The highest BCUT2D eigenvalue weighted by molar-refractivity contribution is 9.10. The van der Waals surface area contributed by atoms with Crippen LogP contribution >= 0.6 is 15.9 Å². The number of hydrogen-bond donors (Lipinski definition) is 1. The van der Waals surface area contributed by atoms with Crippen molar-refractivity contribution in [2.24, 2.45) is 0 Å². The van der Waals surface area contributed by atoms with Gasteiger partial charge in [0, 0.05) is 32.0 Å². The molecule has 2 heterocycles. The van der Waals surface area contributed by atoms with E-state index in [2.05, 4.69) is 43.0 Å². The van der Waals surface area contributed by atoms with Gasteiger partial charge in [0.15, 0.2) is 0 Å². The normalized spacial score (nSPS) is 16.4. The fourth-order valence-corrected chi connectivity index (χ4v) is 1.72. The number of nitrogens with one attached hydrogen (secondary N) is 1. The van der Waals surface area contributed by atoms with Gasteiger partial charge in [-0.2, -0.15) is 0 Å². The Morgan fingerprint density at radius 1 is 1.50 bits per heavy atom. The average molecular weight is 257 g/mol. The standard InChI is InChI=1S/C9H13BrN4/c1-2-14(8-5-11-6-8)9-12-3-7(10)4-13-9/h3-4,8,11H,2,5-6H2,1H3. The van der Waals surface area contributed by atoms with Gasteiger partial charge >= 0.3 is 0 Å². The van der Waals surface area contributed by atoms with Crippen LogP contribution < -0.4 is 10.2 Å². The molecule has 1 aliphatic heterocycles. The molecule has 0 aromatic carbocycles. The van der Waals surface area contributed by atoms with E-state index in [4.69, 9.17) is 0 Å². The van der Waals surface area contributed by atoms with Gasteiger partial charge in [-0.3, -0.25) is 0 Å². The van der Waals surface area contributed by atoms with Gasteiger partial charge < -0.3 is 10.2 Å². The SMILES string of the molecule is CCN(c1ncc(Br)cn1)C1CNC1. The summed E-state index contributed by atoms with van der Waals surface area (Å²) in [7, 11) is 0. The van der Waals surface area contributed by atoms with Crippen molar-refractivity contribution in [1.82, 2.24) is 15.3 Å². The van der Waals surface area contributed by atoms with E-state index in [0.717, 1.165) is 30.1 Å². The van der Waals surface area contributed by atoms with Crippen molar-refractivity contribution < 1.29 is 0 Å². The molecule has 5 heteroatoms. The van der Waals surface area contributed by atoms with E-state index in [0.29, 0.717) is 6.04 Å². The second-order valence-electron chi connectivity index (χ2n) is 3.30. The zero-order valence-electron chi connectivity index (χ0n) is 8.07. The number of hydrogen-bond acceptors (Lipinski definition) is 4. The molecule has 0 aliphatic carbocycles. The smallest absolute Gasteiger partial charge is 0.225 e. The third kappa shape index (κ3) is 1.88. The number of halogens is 1. The molecule has 1 aromatic heterocycles. The first-order chi connectivity index (χ1) is 6.81. The predicted octanol–water partition coefficient (Wildman–Crippen LogP) is 1.04. The molecule has 0 unspecified atom stereocenters. The molecule has 76 valence electrons. The topological polar surface area (TPSA) is 41.1 Å². The summed E-state index contributed by atoms with van der Waals surface area (Å²) in [6.45, 7) is 5.15. The van der Waals surface area contributed by atoms with E-state index >= 15 is 0 Å². The Bertz CT molecular complexity index is 296. The average Bonchev–Trinajstić information content (AvgIpc) is 2.13. The molecule has 1 fully saturated rings. The van der Waals surface area contributed by atoms with Crippen LogP contribution in [0.25, 0.3) is 0 Å². The van der Waals surface area contributed by atoms with Gasteiger partial charge in [-0.05, 0) is 22.9 Å². The van der Waals surface area contributed by atoms with Crippen LogP contribution in [0.1, 0.15) is 6.92 Å². The van der Waals surface area contributed by atoms with Crippen molar-refractivity contribution in [3.63, 3.8) is 0 Å². The lowest BCUT2D eigenvalue weighted by molar-refractivity contribution is 0.413. The Morgan fingerprint density at radius 2 is 2.14 bits per heavy atom. The zero-order chi connectivity index (χ0) is 9.97. The molecule has 1 N–H and O–H groups in total. The van der Waals surface area contributed by atoms with Gasteiger partial charge in [0.1, 0.15) is 0 Å². The number of nitrogens with zero attached hydrogens (tertiary/aromatic N) is 3. The van der Waals surface area contributed by atoms with Crippen LogP contribution in [0.2, 0.25) is 0 Å². The first-order valence-electron chi connectivity index (χ1n) is 4.76. The lowest BCUT2D eigenvalue weighted by Gasteiger charge is -2.37. The summed E-state index contributed by atoms with van der Waals surface area (Å²) in [4.78, 5) is 10.8. The van der Waals surface area contributed by atoms with Crippen molar-refractivity contribution in [3.8, 4) is 0 Å². The molecule has 4 nitrogen and oxygen atoms in total. The van der Waals surface area contributed by atoms with E-state index in [9.17, 15) is 0 Å². The Kier molecular flexibility index (Phi) is 2.98. The Labute approximate surface area is 91.9 Å². The summed E-state index contributed by atoms with van der Waals surface area (Å²) in [6.07, 6.45) is 3.58. The highest BCUT2D eigenvalue weighted by Crippen LogP contribution is 2.15. The van der Waals surface area contributed by atoms with Crippen molar-refractivity contribution in [3.05, 3.63) is 16.9 Å². The molecule has 0 saturated carbocycles. The molecule has 0 radical (unpaired) electrons. The number of rotatable bonds is 3. The van der Waals surface area contributed by atoms with Crippen molar-refractivity contribution in [1.29, 1.82) is 0 Å². The van der Waals surface area contributed by atoms with Gasteiger partial charge in [0.05, 0.1) is 10.5 Å². The molecule has 1 aliphatic rings. The van der Waals surface area contributed by atoms with E-state index in [1.54, 1.807) is 12.4 Å². The third-order valence-electron chi connectivity index (χ3n) is 2.40. The second kappa shape index (κ2) is 4.23. The zero-order valence-corrected chi connectivity index (χ0v) is 9.66. The highest BCUT2D eigenvalue weighted by atomic mass is 79.9. The van der Waals surface area contributed by atoms with Crippen LogP contribution in [0.15, 0.2) is 16.9 Å². The van der Waals surface area contributed by atoms with Crippen LogP contribution in [0, 0.1) is 0 Å². The molecule has 1 saturated heterocycles. The van der Waals surface area contributed by atoms with Gasteiger partial charge in [0.25, 0.3) is 0 Å². The molecule has 0 spiro atoms. The molecule has 0 amide bonds. The van der Waals surface area contributed by atoms with Gasteiger partial charge in [0.2, 0.25) is 5.95 Å². The fourth-order valence-electron chi connectivity index (χ4n) is 1.51. The van der Waals surface area contributed by atoms with E-state index in [1.165, 1.54) is 0 Å². The van der Waals surface area contributed by atoms with Crippen LogP contribution in [-0.2, 0) is 0 Å². The maximum atomic E-state index is 4.29. The quantitative estimate of drug-likeness (QED) is 0.878. The predicted molar refractivity (Wildman–Crippen MR) is 59.4 cm³/mol. The maximum absolute atomic E-state index is 4.29. The number of likely N-dealkylation sites (N-methyl/N-ethyl adjacent to an activating group) is 1. The molecule has 2 rings (SSSR count). The summed E-state index contributed by atoms with van der Waals surface area (Å²) in [5, 5.41) is 3.25. The van der Waals surface area contributed by atoms with Crippen LogP contribution in [0.5, 0.6) is 0 Å². The lowest BCUT2D eigenvalue weighted by atomic mass is 10.1. The largest absolute Gasteiger partial charge is 0.336 e. The van der Waals surface area contributed by atoms with E-state index in [1.807, 2.05) is 0 Å². The van der Waals surface area contributed by atoms with Crippen molar-refractivity contribution in [2.45, 2.75) is 13.0 Å². The number of aromatic nitrogens is 2. The van der Waals surface area contributed by atoms with Crippen LogP contribution in [0.4, 0.5) is 5.95 Å². The molecule has 0 bridgehead atoms. The minimum atomic E-state index is 0.557. The number of anilines is 1. The van der Waals surface area contributed by atoms with Gasteiger partial charge in [-0.25, -0.2) is 9.97 Å². The maximum Gasteiger partial charge on any atom is 0.225 e. The highest BCUT2D eigenvalue weighted by Gasteiger charge is 2.24. The summed E-state index contributed by atoms with van der Waals surface area (Å²) >= 11 is 3.33. The summed E-state index contributed by atoms with van der Waals surface area (Å²) in [5.41, 5.74) is 0. The fraction of sp³-hybridized carbons (Fsp3) is 0.556. The van der Waals surface area contributed by atoms with Crippen molar-refractivity contribution >= 4 is 21.9 Å². The lowest BCUT2D eigenvalue weighted by Crippen LogP contribution is -2.57. The van der Waals surface area contributed by atoms with E-state index < -0.39 is 0 Å². The first-order valence-corrected chi connectivity index (χ1v) is 5.55. The van der Waals surface area contributed by atoms with Crippen LogP contribution in [-0.4, -0.2) is 35.6 Å². The molecular weight excluding hydrogens is 244 g/mol. The monoisotopic (exact) mass is 256 g/mol. The van der Waals surface area contributed by atoms with E-state index in [-0.39, 0.29) is 0 Å². The van der Waals surface area contributed by atoms with Gasteiger partial charge in [-0.15, -0.1) is 0 Å². The summed E-state index contributed by atoms with van der Waals surface area (Å²) in [6, 6.07) is 0.557. The summed E-state index contributed by atoms with van der Waals surface area (Å²) < 4.78 is 0.920. The summed E-state index contributed by atoms with van der Waals surface area (Å²) in [5.74, 6) is 0.821. The van der Waals surface area contributed by atoms with Crippen LogP contribution in [0.3, 0.4) is 0 Å². The first kappa shape index (κ1) is 9.86. The molecule has 0 atom stereocenters. The molecule has 1 aromatic rings. The Balaban J connectivity index is 2.14. The van der Waals surface area contributed by atoms with Crippen molar-refractivity contribution in [2.75, 3.05) is 24.5 Å². The second-order valence-corrected chi connectivity index (χ2v) is 4.22. The third-order valence-corrected chi connectivity index (χ3v) is 2.81. The minimum absolute atomic E-state index is 0.557. The Morgan fingerprint density at radius 3 is 2.57 bits per heavy atom. The Hall–Kier alpha value is -0.680. The van der Waals surface area contributed by atoms with Gasteiger partial charge in [-0.1, -0.05) is 0 Å².